The quantitative estimate of drug-likeness (QED) is 0.609. The molecule has 0 unspecified atom stereocenters. The first kappa shape index (κ1) is 12.4. The fraction of sp³-hybridized carbons (Fsp3) is 0.385. The highest BCUT2D eigenvalue weighted by Crippen LogP contribution is 2.22. The molecule has 16 heavy (non-hydrogen) atoms. The van der Waals surface area contributed by atoms with Gasteiger partial charge in [-0.15, -0.1) is 0 Å². The van der Waals surface area contributed by atoms with Crippen LogP contribution in [0.1, 0.15) is 32.6 Å². The van der Waals surface area contributed by atoms with Gasteiger partial charge in [-0.1, -0.05) is 6.07 Å². The standard InChI is InChI=1S/C13H17NO2/c1-7-6-8(2)10(4)11(9(7)3)12(15)13(16)14-5/h6H,1-5H3,(H,14,16). The van der Waals surface area contributed by atoms with Crippen LogP contribution in [0.2, 0.25) is 0 Å². The number of nitrogens with one attached hydrogen (secondary N) is 1. The lowest BCUT2D eigenvalue weighted by molar-refractivity contribution is -0.116. The van der Waals surface area contributed by atoms with E-state index in [0.717, 1.165) is 22.3 Å². The number of carbonyl (C=O) groups is 2. The molecule has 0 radical (unpaired) electrons. The van der Waals surface area contributed by atoms with Crippen LogP contribution in [-0.4, -0.2) is 18.7 Å². The predicted octanol–water partition coefficient (Wildman–Crippen LogP) is 1.85. The second-order valence-corrected chi connectivity index (χ2v) is 4.04. The van der Waals surface area contributed by atoms with E-state index in [1.165, 1.54) is 7.05 Å². The molecular weight excluding hydrogens is 202 g/mol. The van der Waals surface area contributed by atoms with Gasteiger partial charge in [-0.3, -0.25) is 9.59 Å². The minimum atomic E-state index is -0.559. The van der Waals surface area contributed by atoms with E-state index in [0.29, 0.717) is 5.56 Å². The number of rotatable bonds is 2. The third-order valence-electron chi connectivity index (χ3n) is 3.03. The lowest BCUT2D eigenvalue weighted by atomic mass is 9.91. The summed E-state index contributed by atoms with van der Waals surface area (Å²) in [5.74, 6) is -1.01. The Morgan fingerprint density at radius 1 is 1.00 bits per heavy atom. The van der Waals surface area contributed by atoms with Crippen LogP contribution >= 0.6 is 0 Å². The predicted molar refractivity (Wildman–Crippen MR) is 63.8 cm³/mol. The van der Waals surface area contributed by atoms with Gasteiger partial charge in [-0.2, -0.15) is 0 Å². The molecule has 3 heteroatoms. The zero-order chi connectivity index (χ0) is 12.5. The number of likely N-dealkylation sites (N-methyl/N-ethyl adjacent to an activating group) is 1. The number of hydrogen-bond acceptors (Lipinski definition) is 2. The third-order valence-corrected chi connectivity index (χ3v) is 3.03. The lowest BCUT2D eigenvalue weighted by Crippen LogP contribution is -2.29. The Bertz CT molecular complexity index is 435. The van der Waals surface area contributed by atoms with Crippen LogP contribution in [-0.2, 0) is 4.79 Å². The minimum Gasteiger partial charge on any atom is -0.352 e. The molecule has 86 valence electrons. The van der Waals surface area contributed by atoms with E-state index in [1.807, 2.05) is 33.8 Å². The molecule has 0 aliphatic heterocycles. The number of Topliss-reactive ketones (excluding diaryl/α,β-unsaturated/α-hetero) is 1. The molecule has 0 atom stereocenters. The molecule has 0 heterocycles. The van der Waals surface area contributed by atoms with Gasteiger partial charge in [0.25, 0.3) is 11.7 Å². The highest BCUT2D eigenvalue weighted by molar-refractivity contribution is 6.43. The average molecular weight is 219 g/mol. The molecule has 0 aromatic heterocycles. The molecule has 3 nitrogen and oxygen atoms in total. The van der Waals surface area contributed by atoms with E-state index in [2.05, 4.69) is 5.32 Å². The maximum atomic E-state index is 11.9. The van der Waals surface area contributed by atoms with Crippen LogP contribution in [0.4, 0.5) is 0 Å². The van der Waals surface area contributed by atoms with E-state index in [-0.39, 0.29) is 0 Å². The van der Waals surface area contributed by atoms with Crippen LogP contribution in [0.5, 0.6) is 0 Å². The Kier molecular flexibility index (Phi) is 3.48. The summed E-state index contributed by atoms with van der Waals surface area (Å²) in [6.07, 6.45) is 0. The van der Waals surface area contributed by atoms with E-state index < -0.39 is 11.7 Å². The van der Waals surface area contributed by atoms with Crippen molar-refractivity contribution in [2.24, 2.45) is 0 Å². The van der Waals surface area contributed by atoms with Gasteiger partial charge in [0.05, 0.1) is 0 Å². The molecule has 1 amide bonds. The Labute approximate surface area is 95.9 Å². The average Bonchev–Trinajstić information content (AvgIpc) is 2.25. The molecular formula is C13H17NO2. The van der Waals surface area contributed by atoms with Gasteiger partial charge in [0.2, 0.25) is 0 Å². The number of amides is 1. The Morgan fingerprint density at radius 3 is 1.81 bits per heavy atom. The highest BCUT2D eigenvalue weighted by atomic mass is 16.2. The van der Waals surface area contributed by atoms with E-state index in [9.17, 15) is 9.59 Å². The number of aryl methyl sites for hydroxylation is 2. The SMILES string of the molecule is CNC(=O)C(=O)c1c(C)c(C)cc(C)c1C. The van der Waals surface area contributed by atoms with E-state index >= 15 is 0 Å². The zero-order valence-corrected chi connectivity index (χ0v) is 10.4. The molecule has 0 bridgehead atoms. The maximum absolute atomic E-state index is 11.9. The summed E-state index contributed by atoms with van der Waals surface area (Å²) in [6, 6.07) is 2.03. The van der Waals surface area contributed by atoms with Gasteiger partial charge in [-0.05, 0) is 49.9 Å². The second kappa shape index (κ2) is 4.47. The van der Waals surface area contributed by atoms with Crippen molar-refractivity contribution in [2.45, 2.75) is 27.7 Å². The van der Waals surface area contributed by atoms with Crippen molar-refractivity contribution in [1.29, 1.82) is 0 Å². The largest absolute Gasteiger partial charge is 0.352 e. The van der Waals surface area contributed by atoms with Crippen LogP contribution in [0, 0.1) is 27.7 Å². The second-order valence-electron chi connectivity index (χ2n) is 4.04. The molecule has 1 aromatic rings. The fourth-order valence-corrected chi connectivity index (χ4v) is 1.78. The van der Waals surface area contributed by atoms with E-state index in [1.54, 1.807) is 0 Å². The minimum absolute atomic E-state index is 0.454. The summed E-state index contributed by atoms with van der Waals surface area (Å²) < 4.78 is 0. The Balaban J connectivity index is 3.44. The first-order valence-corrected chi connectivity index (χ1v) is 5.24. The summed E-state index contributed by atoms with van der Waals surface area (Å²) >= 11 is 0. The van der Waals surface area contributed by atoms with Gasteiger partial charge in [0.1, 0.15) is 0 Å². The zero-order valence-electron chi connectivity index (χ0n) is 10.4. The van der Waals surface area contributed by atoms with Crippen molar-refractivity contribution < 1.29 is 9.59 Å². The maximum Gasteiger partial charge on any atom is 0.292 e. The first-order chi connectivity index (χ1) is 7.40. The van der Waals surface area contributed by atoms with Gasteiger partial charge < -0.3 is 5.32 Å². The number of ketones is 1. The van der Waals surface area contributed by atoms with Gasteiger partial charge >= 0.3 is 0 Å². The van der Waals surface area contributed by atoms with Crippen molar-refractivity contribution >= 4 is 11.7 Å². The third kappa shape index (κ3) is 1.98. The van der Waals surface area contributed by atoms with Crippen molar-refractivity contribution in [3.8, 4) is 0 Å². The number of benzene rings is 1. The van der Waals surface area contributed by atoms with Crippen molar-refractivity contribution in [3.05, 3.63) is 33.9 Å². The van der Waals surface area contributed by atoms with Crippen LogP contribution in [0.15, 0.2) is 6.07 Å². The van der Waals surface area contributed by atoms with Gasteiger partial charge in [0.15, 0.2) is 0 Å². The molecule has 0 fully saturated rings. The molecule has 0 aliphatic carbocycles. The smallest absolute Gasteiger partial charge is 0.292 e. The Hall–Kier alpha value is -1.64. The molecule has 1 aromatic carbocycles. The molecule has 1 rings (SSSR count). The normalized spacial score (nSPS) is 10.1. The summed E-state index contributed by atoms with van der Waals surface area (Å²) in [7, 11) is 1.47. The van der Waals surface area contributed by atoms with Gasteiger partial charge in [-0.25, -0.2) is 0 Å². The monoisotopic (exact) mass is 219 g/mol. The highest BCUT2D eigenvalue weighted by Gasteiger charge is 2.20. The fourth-order valence-electron chi connectivity index (χ4n) is 1.78. The molecule has 0 spiro atoms. The molecule has 0 saturated carbocycles. The van der Waals surface area contributed by atoms with Crippen molar-refractivity contribution in [1.82, 2.24) is 5.32 Å². The van der Waals surface area contributed by atoms with Crippen LogP contribution in [0.25, 0.3) is 0 Å². The van der Waals surface area contributed by atoms with Crippen LogP contribution in [0.3, 0.4) is 0 Å². The van der Waals surface area contributed by atoms with E-state index in [4.69, 9.17) is 0 Å². The summed E-state index contributed by atoms with van der Waals surface area (Å²) in [5.41, 5.74) is 4.39. The van der Waals surface area contributed by atoms with Crippen molar-refractivity contribution in [3.63, 3.8) is 0 Å². The summed E-state index contributed by atoms with van der Waals surface area (Å²) in [6.45, 7) is 7.64. The summed E-state index contributed by atoms with van der Waals surface area (Å²) in [4.78, 5) is 23.3. The Morgan fingerprint density at radius 2 is 1.44 bits per heavy atom. The lowest BCUT2D eigenvalue weighted by Gasteiger charge is -2.13. The van der Waals surface area contributed by atoms with Gasteiger partial charge in [0, 0.05) is 12.6 Å². The number of carbonyl (C=O) groups excluding carboxylic acids is 2. The summed E-state index contributed by atoms with van der Waals surface area (Å²) in [5, 5.41) is 2.37. The number of hydrogen-bond donors (Lipinski definition) is 1. The molecule has 1 N–H and O–H groups in total. The topological polar surface area (TPSA) is 46.2 Å². The molecule has 0 aliphatic rings. The molecule has 0 saturated heterocycles. The van der Waals surface area contributed by atoms with Crippen LogP contribution < -0.4 is 5.32 Å². The first-order valence-electron chi connectivity index (χ1n) is 5.24. The van der Waals surface area contributed by atoms with Crippen molar-refractivity contribution in [2.75, 3.05) is 7.05 Å².